The summed E-state index contributed by atoms with van der Waals surface area (Å²) in [4.78, 5) is 12.3. The van der Waals surface area contributed by atoms with Gasteiger partial charge in [-0.05, 0) is 48.5 Å². The molecule has 0 radical (unpaired) electrons. The number of anilines is 1. The molecule has 30 heavy (non-hydrogen) atoms. The minimum Gasteiger partial charge on any atom is -0.322 e. The summed E-state index contributed by atoms with van der Waals surface area (Å²) in [6, 6.07) is 13.3. The molecule has 3 rings (SSSR count). The van der Waals surface area contributed by atoms with Gasteiger partial charge in [-0.1, -0.05) is 19.1 Å². The van der Waals surface area contributed by atoms with Gasteiger partial charge in [0.15, 0.2) is 14.9 Å². The van der Waals surface area contributed by atoms with E-state index in [0.717, 1.165) is 24.3 Å². The lowest BCUT2D eigenvalue weighted by atomic mass is 10.1. The number of sulfone groups is 1. The molecular formula is C20H16F3N3O3S. The van der Waals surface area contributed by atoms with E-state index < -0.39 is 27.5 Å². The molecule has 0 bridgehead atoms. The van der Waals surface area contributed by atoms with Crippen molar-refractivity contribution < 1.29 is 26.4 Å². The van der Waals surface area contributed by atoms with Crippen LogP contribution in [0.3, 0.4) is 0 Å². The van der Waals surface area contributed by atoms with E-state index >= 15 is 0 Å². The molecule has 0 fully saturated rings. The van der Waals surface area contributed by atoms with Gasteiger partial charge in [-0.25, -0.2) is 8.42 Å². The summed E-state index contributed by atoms with van der Waals surface area (Å²) in [5.74, 6) is -0.664. The fourth-order valence-corrected chi connectivity index (χ4v) is 3.29. The number of hydrogen-bond donors (Lipinski definition) is 1. The first kappa shape index (κ1) is 21.4. The predicted molar refractivity (Wildman–Crippen MR) is 105 cm³/mol. The fourth-order valence-electron chi connectivity index (χ4n) is 2.56. The first-order valence-electron chi connectivity index (χ1n) is 8.75. The van der Waals surface area contributed by atoms with Crippen LogP contribution in [0.5, 0.6) is 0 Å². The zero-order valence-corrected chi connectivity index (χ0v) is 16.5. The van der Waals surface area contributed by atoms with Crippen LogP contribution in [-0.4, -0.2) is 30.3 Å². The average Bonchev–Trinajstić information content (AvgIpc) is 2.73. The van der Waals surface area contributed by atoms with E-state index in [2.05, 4.69) is 15.5 Å². The van der Waals surface area contributed by atoms with Crippen LogP contribution in [0, 0.1) is 0 Å². The molecule has 3 aromatic rings. The van der Waals surface area contributed by atoms with Gasteiger partial charge in [0.25, 0.3) is 5.91 Å². The smallest absolute Gasteiger partial charge is 0.322 e. The van der Waals surface area contributed by atoms with Crippen molar-refractivity contribution in [3.63, 3.8) is 0 Å². The number of carbonyl (C=O) groups is 1. The Morgan fingerprint density at radius 1 is 1.00 bits per heavy atom. The molecule has 0 aliphatic rings. The quantitative estimate of drug-likeness (QED) is 0.649. The number of alkyl halides is 3. The van der Waals surface area contributed by atoms with Crippen LogP contribution in [-0.2, 0) is 16.0 Å². The SMILES string of the molecule is CCS(=O)(=O)c1ccc(-c2cccc(NC(=O)c3ccc(C(F)(F)F)cc3)c2)nn1. The van der Waals surface area contributed by atoms with Crippen molar-refractivity contribution in [2.45, 2.75) is 18.1 Å². The Balaban J connectivity index is 1.78. The molecule has 0 aliphatic heterocycles. The molecule has 0 atom stereocenters. The molecular weight excluding hydrogens is 419 g/mol. The van der Waals surface area contributed by atoms with E-state index in [4.69, 9.17) is 0 Å². The van der Waals surface area contributed by atoms with Crippen LogP contribution >= 0.6 is 0 Å². The van der Waals surface area contributed by atoms with E-state index in [0.29, 0.717) is 16.9 Å². The van der Waals surface area contributed by atoms with E-state index in [1.165, 1.54) is 19.1 Å². The van der Waals surface area contributed by atoms with Crippen LogP contribution in [0.1, 0.15) is 22.8 Å². The van der Waals surface area contributed by atoms with Crippen molar-refractivity contribution >= 4 is 21.4 Å². The summed E-state index contributed by atoms with van der Waals surface area (Å²) in [5, 5.41) is 10.2. The number of carbonyl (C=O) groups excluding carboxylic acids is 1. The van der Waals surface area contributed by atoms with E-state index in [1.54, 1.807) is 24.3 Å². The number of hydrogen-bond acceptors (Lipinski definition) is 5. The third-order valence-electron chi connectivity index (χ3n) is 4.23. The van der Waals surface area contributed by atoms with Gasteiger partial charge in [0.2, 0.25) is 0 Å². The van der Waals surface area contributed by atoms with E-state index in [1.807, 2.05) is 0 Å². The van der Waals surface area contributed by atoms with Gasteiger partial charge in [0, 0.05) is 16.8 Å². The predicted octanol–water partition coefficient (Wildman–Crippen LogP) is 4.21. The second-order valence-electron chi connectivity index (χ2n) is 6.27. The minimum atomic E-state index is -4.48. The maximum Gasteiger partial charge on any atom is 0.416 e. The molecule has 10 heteroatoms. The van der Waals surface area contributed by atoms with Gasteiger partial charge in [0.1, 0.15) is 0 Å². The first-order valence-corrected chi connectivity index (χ1v) is 10.4. The van der Waals surface area contributed by atoms with E-state index in [9.17, 15) is 26.4 Å². The summed E-state index contributed by atoms with van der Waals surface area (Å²) in [6.07, 6.45) is -4.48. The van der Waals surface area contributed by atoms with Gasteiger partial charge >= 0.3 is 6.18 Å². The largest absolute Gasteiger partial charge is 0.416 e. The molecule has 6 nitrogen and oxygen atoms in total. The highest BCUT2D eigenvalue weighted by Crippen LogP contribution is 2.29. The van der Waals surface area contributed by atoms with Crippen molar-refractivity contribution in [1.82, 2.24) is 10.2 Å². The normalized spacial score (nSPS) is 11.9. The lowest BCUT2D eigenvalue weighted by Crippen LogP contribution is -2.13. The van der Waals surface area contributed by atoms with Crippen LogP contribution in [0.2, 0.25) is 0 Å². The molecule has 1 aromatic heterocycles. The summed E-state index contributed by atoms with van der Waals surface area (Å²) >= 11 is 0. The molecule has 1 heterocycles. The molecule has 0 spiro atoms. The number of rotatable bonds is 5. The third kappa shape index (κ3) is 4.82. The lowest BCUT2D eigenvalue weighted by Gasteiger charge is -2.09. The number of nitrogens with zero attached hydrogens (tertiary/aromatic N) is 2. The van der Waals surface area contributed by atoms with Crippen LogP contribution in [0.15, 0.2) is 65.7 Å². The highest BCUT2D eigenvalue weighted by molar-refractivity contribution is 7.91. The van der Waals surface area contributed by atoms with Crippen molar-refractivity contribution in [1.29, 1.82) is 0 Å². The molecule has 0 unspecified atom stereocenters. The summed E-state index contributed by atoms with van der Waals surface area (Å²) < 4.78 is 61.6. The number of aromatic nitrogens is 2. The van der Waals surface area contributed by atoms with Gasteiger partial charge in [-0.3, -0.25) is 4.79 Å². The maximum atomic E-state index is 12.6. The molecule has 0 saturated carbocycles. The lowest BCUT2D eigenvalue weighted by molar-refractivity contribution is -0.137. The number of nitrogens with one attached hydrogen (secondary N) is 1. The Labute approximate surface area is 170 Å². The molecule has 1 amide bonds. The number of amides is 1. The molecule has 2 aromatic carbocycles. The summed E-state index contributed by atoms with van der Waals surface area (Å²) in [7, 11) is -3.47. The Hall–Kier alpha value is -3.27. The number of benzene rings is 2. The molecule has 156 valence electrons. The van der Waals surface area contributed by atoms with Crippen molar-refractivity contribution in [3.05, 3.63) is 71.8 Å². The topological polar surface area (TPSA) is 89.0 Å². The number of halogens is 3. The van der Waals surface area contributed by atoms with Crippen molar-refractivity contribution in [2.75, 3.05) is 11.1 Å². The van der Waals surface area contributed by atoms with Crippen LogP contribution in [0.4, 0.5) is 18.9 Å². The standard InChI is InChI=1S/C20H16F3N3O3S/c1-2-30(28,29)18-11-10-17(25-26-18)14-4-3-5-16(12-14)24-19(27)13-6-8-15(9-7-13)20(21,22)23/h3-12H,2H2,1H3,(H,24,27). The minimum absolute atomic E-state index is 0.0716. The van der Waals surface area contributed by atoms with Gasteiger partial charge in [-0.2, -0.15) is 13.2 Å². The highest BCUT2D eigenvalue weighted by Gasteiger charge is 2.30. The van der Waals surface area contributed by atoms with Crippen molar-refractivity contribution in [2.24, 2.45) is 0 Å². The van der Waals surface area contributed by atoms with Gasteiger partial charge < -0.3 is 5.32 Å². The Morgan fingerprint density at radius 2 is 1.70 bits per heavy atom. The van der Waals surface area contributed by atoms with Gasteiger partial charge in [0.05, 0.1) is 17.0 Å². The Kier molecular flexibility index (Phi) is 5.88. The molecule has 0 aliphatic carbocycles. The van der Waals surface area contributed by atoms with Gasteiger partial charge in [-0.15, -0.1) is 10.2 Å². The Bertz CT molecular complexity index is 1160. The van der Waals surface area contributed by atoms with Crippen LogP contribution < -0.4 is 5.32 Å². The second-order valence-corrected chi connectivity index (χ2v) is 8.50. The van der Waals surface area contributed by atoms with Crippen molar-refractivity contribution in [3.8, 4) is 11.3 Å². The summed E-state index contributed by atoms with van der Waals surface area (Å²) in [6.45, 7) is 1.51. The highest BCUT2D eigenvalue weighted by atomic mass is 32.2. The maximum absolute atomic E-state index is 12.6. The zero-order valence-electron chi connectivity index (χ0n) is 15.6. The monoisotopic (exact) mass is 435 g/mol. The fraction of sp³-hybridized carbons (Fsp3) is 0.150. The zero-order chi connectivity index (χ0) is 21.9. The molecule has 0 saturated heterocycles. The molecule has 1 N–H and O–H groups in total. The average molecular weight is 435 g/mol. The first-order chi connectivity index (χ1) is 14.1. The van der Waals surface area contributed by atoms with E-state index in [-0.39, 0.29) is 16.3 Å². The third-order valence-corrected chi connectivity index (χ3v) is 5.84. The Morgan fingerprint density at radius 3 is 2.27 bits per heavy atom. The summed E-state index contributed by atoms with van der Waals surface area (Å²) in [5.41, 5.74) is 0.601. The van der Waals surface area contributed by atoms with Crippen LogP contribution in [0.25, 0.3) is 11.3 Å². The second kappa shape index (κ2) is 8.23.